The van der Waals surface area contributed by atoms with Crippen molar-refractivity contribution in [2.45, 2.75) is 19.0 Å². The highest BCUT2D eigenvalue weighted by atomic mass is 32.2. The fourth-order valence-electron chi connectivity index (χ4n) is 4.10. The van der Waals surface area contributed by atoms with Crippen molar-refractivity contribution in [3.63, 3.8) is 0 Å². The number of hydrogen-bond acceptors (Lipinski definition) is 5. The summed E-state index contributed by atoms with van der Waals surface area (Å²) in [6.45, 7) is 2.90. The van der Waals surface area contributed by atoms with Gasteiger partial charge in [-0.25, -0.2) is 8.42 Å². The number of carbonyl (C=O) groups is 1. The first-order chi connectivity index (χ1) is 12.3. The van der Waals surface area contributed by atoms with Crippen LogP contribution in [0, 0.1) is 6.92 Å². The van der Waals surface area contributed by atoms with Gasteiger partial charge in [-0.3, -0.25) is 14.5 Å². The molecule has 2 aliphatic rings. The first-order valence-corrected chi connectivity index (χ1v) is 10.4. The molecule has 4 rings (SSSR count). The summed E-state index contributed by atoms with van der Waals surface area (Å²) >= 11 is 0. The summed E-state index contributed by atoms with van der Waals surface area (Å²) in [7, 11) is -1.30. The van der Waals surface area contributed by atoms with Gasteiger partial charge >= 0.3 is 0 Å². The first-order valence-electron chi connectivity index (χ1n) is 8.61. The molecule has 0 aliphatic carbocycles. The van der Waals surface area contributed by atoms with E-state index in [4.69, 9.17) is 0 Å². The molecule has 2 atom stereocenters. The number of para-hydroxylation sites is 1. The third-order valence-electron chi connectivity index (χ3n) is 5.57. The summed E-state index contributed by atoms with van der Waals surface area (Å²) in [5.74, 6) is -0.376. The summed E-state index contributed by atoms with van der Waals surface area (Å²) in [5.41, 5.74) is 1.40. The summed E-state index contributed by atoms with van der Waals surface area (Å²) in [6.07, 6.45) is 1.46. The van der Waals surface area contributed by atoms with E-state index in [-0.39, 0.29) is 28.5 Å². The third-order valence-corrected chi connectivity index (χ3v) is 7.27. The standard InChI is InChI=1S/C18H21N3O4S/c1-11-4-3-5-12-16(11)19-8-13(17(12)22)18(23)21-7-6-20(2)14-9-26(24,25)10-15(14)21/h3-5,8,14-15H,6-7,9-10H2,1-2H3,(H,19,22)/t14-,15+/m0/s1. The summed E-state index contributed by atoms with van der Waals surface area (Å²) in [4.78, 5) is 32.6. The fourth-order valence-corrected chi connectivity index (χ4v) is 6.15. The quantitative estimate of drug-likeness (QED) is 0.779. The van der Waals surface area contributed by atoms with Gasteiger partial charge in [-0.05, 0) is 25.6 Å². The molecule has 26 heavy (non-hydrogen) atoms. The Kier molecular flexibility index (Phi) is 3.92. The average molecular weight is 375 g/mol. The molecule has 3 heterocycles. The van der Waals surface area contributed by atoms with E-state index in [1.165, 1.54) is 6.20 Å². The maximum absolute atomic E-state index is 13.1. The second-order valence-electron chi connectivity index (χ2n) is 7.22. The van der Waals surface area contributed by atoms with Crippen molar-refractivity contribution in [1.82, 2.24) is 14.8 Å². The van der Waals surface area contributed by atoms with Crippen LogP contribution in [0.2, 0.25) is 0 Å². The van der Waals surface area contributed by atoms with Crippen molar-refractivity contribution in [2.75, 3.05) is 31.6 Å². The number of pyridine rings is 1. The van der Waals surface area contributed by atoms with Gasteiger partial charge in [-0.1, -0.05) is 12.1 Å². The first kappa shape index (κ1) is 17.2. The van der Waals surface area contributed by atoms with Gasteiger partial charge in [0.05, 0.1) is 23.1 Å². The number of hydrogen-bond donors (Lipinski definition) is 1. The lowest BCUT2D eigenvalue weighted by atomic mass is 10.0. The Labute approximate surface area is 151 Å². The van der Waals surface area contributed by atoms with Crippen molar-refractivity contribution in [1.29, 1.82) is 0 Å². The van der Waals surface area contributed by atoms with Gasteiger partial charge in [0, 0.05) is 30.7 Å². The summed E-state index contributed by atoms with van der Waals surface area (Å²) < 4.78 is 24.2. The minimum absolute atomic E-state index is 0.0433. The van der Waals surface area contributed by atoms with Gasteiger partial charge in [0.2, 0.25) is 5.43 Å². The second kappa shape index (κ2) is 5.92. The minimum atomic E-state index is -3.18. The average Bonchev–Trinajstić information content (AvgIpc) is 2.92. The van der Waals surface area contributed by atoms with Crippen molar-refractivity contribution in [3.8, 4) is 0 Å². The van der Waals surface area contributed by atoms with E-state index in [1.54, 1.807) is 17.0 Å². The number of carbonyl (C=O) groups excluding carboxylic acids is 1. The van der Waals surface area contributed by atoms with Gasteiger partial charge < -0.3 is 9.88 Å². The molecule has 0 unspecified atom stereocenters. The van der Waals surface area contributed by atoms with Crippen LogP contribution in [0.15, 0.2) is 29.2 Å². The Hall–Kier alpha value is -2.19. The molecule has 8 heteroatoms. The second-order valence-corrected chi connectivity index (χ2v) is 9.37. The van der Waals surface area contributed by atoms with Crippen LogP contribution in [0.3, 0.4) is 0 Å². The summed E-state index contributed by atoms with van der Waals surface area (Å²) in [6, 6.07) is 4.77. The SMILES string of the molecule is Cc1cccc2c(=O)c(C(=O)N3CCN(C)[C@H]4CS(=O)(=O)C[C@H]43)c[nH]c12. The lowest BCUT2D eigenvalue weighted by Crippen LogP contribution is -2.59. The number of H-pyrrole nitrogens is 1. The number of piperazine rings is 1. The maximum atomic E-state index is 13.1. The fraction of sp³-hybridized carbons (Fsp3) is 0.444. The van der Waals surface area contributed by atoms with Gasteiger partial charge in [-0.2, -0.15) is 0 Å². The monoisotopic (exact) mass is 375 g/mol. The molecule has 0 spiro atoms. The molecule has 2 saturated heterocycles. The van der Waals surface area contributed by atoms with E-state index < -0.39 is 21.8 Å². The molecular formula is C18H21N3O4S. The predicted molar refractivity (Wildman–Crippen MR) is 99.2 cm³/mol. The van der Waals surface area contributed by atoms with Gasteiger partial charge in [0.25, 0.3) is 5.91 Å². The normalized spacial score (nSPS) is 25.4. The van der Waals surface area contributed by atoms with Gasteiger partial charge in [-0.15, -0.1) is 0 Å². The molecule has 1 amide bonds. The van der Waals surface area contributed by atoms with Crippen molar-refractivity contribution in [3.05, 3.63) is 45.7 Å². The van der Waals surface area contributed by atoms with Gasteiger partial charge in [0.1, 0.15) is 5.56 Å². The molecule has 2 fully saturated rings. The maximum Gasteiger partial charge on any atom is 0.259 e. The zero-order valence-corrected chi connectivity index (χ0v) is 15.5. The molecule has 0 bridgehead atoms. The topological polar surface area (TPSA) is 90.6 Å². The lowest BCUT2D eigenvalue weighted by Gasteiger charge is -2.42. The van der Waals surface area contributed by atoms with E-state index in [1.807, 2.05) is 24.9 Å². The largest absolute Gasteiger partial charge is 0.360 e. The van der Waals surface area contributed by atoms with Crippen LogP contribution in [0.25, 0.3) is 10.9 Å². The lowest BCUT2D eigenvalue weighted by molar-refractivity contribution is 0.0408. The van der Waals surface area contributed by atoms with Crippen LogP contribution >= 0.6 is 0 Å². The zero-order valence-electron chi connectivity index (χ0n) is 14.7. The third kappa shape index (κ3) is 2.64. The molecule has 0 radical (unpaired) electrons. The Morgan fingerprint density at radius 3 is 2.69 bits per heavy atom. The number of aromatic amines is 1. The van der Waals surface area contributed by atoms with E-state index in [9.17, 15) is 18.0 Å². The van der Waals surface area contributed by atoms with E-state index >= 15 is 0 Å². The van der Waals surface area contributed by atoms with Crippen LogP contribution in [0.4, 0.5) is 0 Å². The molecule has 0 saturated carbocycles. The number of amides is 1. The van der Waals surface area contributed by atoms with Crippen molar-refractivity contribution in [2.24, 2.45) is 0 Å². The predicted octanol–water partition coefficient (Wildman–Crippen LogP) is 0.390. The van der Waals surface area contributed by atoms with Crippen LogP contribution < -0.4 is 5.43 Å². The smallest absolute Gasteiger partial charge is 0.259 e. The molecule has 1 N–H and O–H groups in total. The highest BCUT2D eigenvalue weighted by Gasteiger charge is 2.47. The Morgan fingerprint density at radius 2 is 1.92 bits per heavy atom. The number of nitrogens with one attached hydrogen (secondary N) is 1. The van der Waals surface area contributed by atoms with Crippen LogP contribution in [-0.2, 0) is 9.84 Å². The highest BCUT2D eigenvalue weighted by molar-refractivity contribution is 7.91. The molecule has 2 aromatic rings. The Morgan fingerprint density at radius 1 is 1.19 bits per heavy atom. The van der Waals surface area contributed by atoms with Crippen LogP contribution in [0.1, 0.15) is 15.9 Å². The number of aromatic nitrogens is 1. The van der Waals surface area contributed by atoms with Crippen molar-refractivity contribution < 1.29 is 13.2 Å². The number of rotatable bonds is 1. The Bertz CT molecular complexity index is 1060. The molecule has 1 aromatic heterocycles. The zero-order chi connectivity index (χ0) is 18.6. The molecule has 138 valence electrons. The molecule has 2 aliphatic heterocycles. The van der Waals surface area contributed by atoms with Crippen LogP contribution in [0.5, 0.6) is 0 Å². The molecule has 7 nitrogen and oxygen atoms in total. The van der Waals surface area contributed by atoms with Crippen LogP contribution in [-0.4, -0.2) is 72.8 Å². The van der Waals surface area contributed by atoms with E-state index in [0.717, 1.165) is 5.56 Å². The number of likely N-dealkylation sites (N-methyl/N-ethyl adjacent to an activating group) is 1. The number of fused-ring (bicyclic) bond motifs is 2. The highest BCUT2D eigenvalue weighted by Crippen LogP contribution is 2.27. The van der Waals surface area contributed by atoms with E-state index in [0.29, 0.717) is 24.0 Å². The number of sulfone groups is 1. The number of nitrogens with zero attached hydrogens (tertiary/aromatic N) is 2. The van der Waals surface area contributed by atoms with Gasteiger partial charge in [0.15, 0.2) is 9.84 Å². The molecule has 1 aromatic carbocycles. The minimum Gasteiger partial charge on any atom is -0.360 e. The number of aryl methyl sites for hydroxylation is 1. The Balaban J connectivity index is 1.75. The van der Waals surface area contributed by atoms with E-state index in [2.05, 4.69) is 4.98 Å². The molecular weight excluding hydrogens is 354 g/mol. The van der Waals surface area contributed by atoms with Crippen molar-refractivity contribution >= 4 is 26.6 Å². The summed E-state index contributed by atoms with van der Waals surface area (Å²) in [5, 5.41) is 0.473. The number of benzene rings is 1.